The Hall–Kier alpha value is -1.26. The van der Waals surface area contributed by atoms with Crippen molar-refractivity contribution in [1.82, 2.24) is 0 Å². The minimum Gasteiger partial charge on any atom is -0.320 e. The minimum atomic E-state index is -0.199. The van der Waals surface area contributed by atoms with Gasteiger partial charge in [-0.15, -0.1) is 11.3 Å². The molecule has 1 heterocycles. The molecule has 0 fully saturated rings. The van der Waals surface area contributed by atoms with E-state index in [0.717, 1.165) is 0 Å². The first kappa shape index (κ1) is 11.2. The highest BCUT2D eigenvalue weighted by atomic mass is 35.5. The van der Waals surface area contributed by atoms with Gasteiger partial charge in [0, 0.05) is 0 Å². The summed E-state index contributed by atoms with van der Waals surface area (Å²) in [6.07, 6.45) is 0. The van der Waals surface area contributed by atoms with Crippen LogP contribution in [0.15, 0.2) is 36.4 Å². The zero-order valence-corrected chi connectivity index (χ0v) is 9.81. The van der Waals surface area contributed by atoms with Gasteiger partial charge in [0.25, 0.3) is 5.91 Å². The molecule has 0 spiro atoms. The van der Waals surface area contributed by atoms with Crippen LogP contribution >= 0.6 is 22.9 Å². The molecule has 2 nitrogen and oxygen atoms in total. The van der Waals surface area contributed by atoms with Gasteiger partial charge in [-0.3, -0.25) is 4.79 Å². The van der Waals surface area contributed by atoms with Crippen molar-refractivity contribution >= 4 is 47.2 Å². The molecular formula is C11H7BClNOS. The number of rotatable bonds is 2. The van der Waals surface area contributed by atoms with Gasteiger partial charge in [-0.2, -0.15) is 0 Å². The normalized spacial score (nSPS) is 10.1. The van der Waals surface area contributed by atoms with Gasteiger partial charge in [0.15, 0.2) is 0 Å². The standard InChI is InChI=1S/C11H7BClNOS/c12-10-6-5-9(16-10)11(15)14-8-4-2-1-3-7(8)13/h1-6H,(H,14,15). The SMILES string of the molecule is [B]c1ccc(C(=O)Nc2ccccc2Cl)s1. The molecule has 0 unspecified atom stereocenters. The van der Waals surface area contributed by atoms with E-state index in [1.807, 2.05) is 6.07 Å². The topological polar surface area (TPSA) is 29.1 Å². The van der Waals surface area contributed by atoms with Crippen LogP contribution in [0.3, 0.4) is 0 Å². The number of benzene rings is 1. The number of hydrogen-bond acceptors (Lipinski definition) is 2. The van der Waals surface area contributed by atoms with Gasteiger partial charge < -0.3 is 5.32 Å². The van der Waals surface area contributed by atoms with Crippen LogP contribution < -0.4 is 10.1 Å². The number of carbonyl (C=O) groups excluding carboxylic acids is 1. The molecule has 0 atom stereocenters. The van der Waals surface area contributed by atoms with E-state index in [-0.39, 0.29) is 5.91 Å². The maximum atomic E-state index is 11.8. The van der Waals surface area contributed by atoms with Crippen molar-refractivity contribution in [3.05, 3.63) is 46.3 Å². The van der Waals surface area contributed by atoms with Crippen molar-refractivity contribution in [3.8, 4) is 0 Å². The molecule has 1 N–H and O–H groups in total. The highest BCUT2D eigenvalue weighted by molar-refractivity contribution is 7.21. The van der Waals surface area contributed by atoms with Crippen LogP contribution in [0.2, 0.25) is 5.02 Å². The Morgan fingerprint density at radius 3 is 2.62 bits per heavy atom. The maximum Gasteiger partial charge on any atom is 0.265 e. The number of para-hydroxylation sites is 1. The van der Waals surface area contributed by atoms with E-state index in [9.17, 15) is 4.79 Å². The van der Waals surface area contributed by atoms with Gasteiger partial charge in [-0.05, 0) is 23.0 Å². The van der Waals surface area contributed by atoms with Gasteiger partial charge >= 0.3 is 0 Å². The molecular weight excluding hydrogens is 240 g/mol. The molecule has 1 amide bonds. The Balaban J connectivity index is 2.17. The van der Waals surface area contributed by atoms with Gasteiger partial charge in [-0.25, -0.2) is 0 Å². The van der Waals surface area contributed by atoms with E-state index in [2.05, 4.69) is 5.32 Å². The first-order valence-corrected chi connectivity index (χ1v) is 5.77. The van der Waals surface area contributed by atoms with Gasteiger partial charge in [0.1, 0.15) is 7.85 Å². The van der Waals surface area contributed by atoms with E-state index < -0.39 is 0 Å². The first-order chi connectivity index (χ1) is 7.66. The quantitative estimate of drug-likeness (QED) is 0.812. The third-order valence-corrected chi connectivity index (χ3v) is 3.22. The molecule has 2 rings (SSSR count). The van der Waals surface area contributed by atoms with Crippen LogP contribution in [0.1, 0.15) is 9.67 Å². The first-order valence-electron chi connectivity index (χ1n) is 4.58. The third kappa shape index (κ3) is 2.46. The second-order valence-corrected chi connectivity index (χ2v) is 4.66. The van der Waals surface area contributed by atoms with Crippen LogP contribution in [0.25, 0.3) is 0 Å². The fourth-order valence-corrected chi connectivity index (χ4v) is 2.07. The van der Waals surface area contributed by atoms with Crippen LogP contribution in [0, 0.1) is 0 Å². The molecule has 0 bridgehead atoms. The average Bonchev–Trinajstić information content (AvgIpc) is 2.68. The summed E-state index contributed by atoms with van der Waals surface area (Å²) in [5.41, 5.74) is 0.598. The molecule has 1 aromatic carbocycles. The molecule has 1 aromatic heterocycles. The Kier molecular flexibility index (Phi) is 3.32. The fraction of sp³-hybridized carbons (Fsp3) is 0. The second kappa shape index (κ2) is 4.72. The highest BCUT2D eigenvalue weighted by Crippen LogP contribution is 2.21. The molecule has 0 aliphatic rings. The van der Waals surface area contributed by atoms with Crippen molar-refractivity contribution in [2.24, 2.45) is 0 Å². The van der Waals surface area contributed by atoms with Crippen molar-refractivity contribution in [1.29, 1.82) is 0 Å². The smallest absolute Gasteiger partial charge is 0.265 e. The summed E-state index contributed by atoms with van der Waals surface area (Å²) in [5, 5.41) is 3.24. The molecule has 78 valence electrons. The Bertz CT molecular complexity index is 526. The van der Waals surface area contributed by atoms with E-state index in [4.69, 9.17) is 19.4 Å². The molecule has 5 heteroatoms. The number of nitrogens with one attached hydrogen (secondary N) is 1. The van der Waals surface area contributed by atoms with E-state index in [1.165, 1.54) is 11.3 Å². The van der Waals surface area contributed by atoms with Gasteiger partial charge in [0.2, 0.25) is 0 Å². The highest BCUT2D eigenvalue weighted by Gasteiger charge is 2.09. The Morgan fingerprint density at radius 2 is 2.00 bits per heavy atom. The summed E-state index contributed by atoms with van der Waals surface area (Å²) < 4.78 is 0.615. The number of carbonyl (C=O) groups is 1. The molecule has 2 radical (unpaired) electrons. The average molecular weight is 248 g/mol. The lowest BCUT2D eigenvalue weighted by atomic mass is 10.1. The number of amides is 1. The van der Waals surface area contributed by atoms with Crippen LogP contribution in [0.5, 0.6) is 0 Å². The number of halogens is 1. The molecule has 0 aliphatic heterocycles. The maximum absolute atomic E-state index is 11.8. The molecule has 2 aromatic rings. The van der Waals surface area contributed by atoms with Crippen molar-refractivity contribution < 1.29 is 4.79 Å². The molecule has 0 saturated heterocycles. The predicted molar refractivity (Wildman–Crippen MR) is 69.1 cm³/mol. The number of anilines is 1. The summed E-state index contributed by atoms with van der Waals surface area (Å²) in [7, 11) is 5.55. The van der Waals surface area contributed by atoms with Crippen molar-refractivity contribution in [2.45, 2.75) is 0 Å². The third-order valence-electron chi connectivity index (χ3n) is 1.97. The van der Waals surface area contributed by atoms with Crippen molar-refractivity contribution in [3.63, 3.8) is 0 Å². The Morgan fingerprint density at radius 1 is 1.25 bits per heavy atom. The van der Waals surface area contributed by atoms with Gasteiger partial charge in [-0.1, -0.05) is 29.8 Å². The molecule has 0 aliphatic carbocycles. The van der Waals surface area contributed by atoms with Gasteiger partial charge in [0.05, 0.1) is 15.6 Å². The zero-order chi connectivity index (χ0) is 11.5. The number of thiophene rings is 1. The van der Waals surface area contributed by atoms with E-state index in [0.29, 0.717) is 20.4 Å². The summed E-state index contributed by atoms with van der Waals surface area (Å²) in [5.74, 6) is -0.199. The van der Waals surface area contributed by atoms with Crippen molar-refractivity contribution in [2.75, 3.05) is 5.32 Å². The summed E-state index contributed by atoms with van der Waals surface area (Å²) in [6.45, 7) is 0. The fourth-order valence-electron chi connectivity index (χ4n) is 1.22. The van der Waals surface area contributed by atoms with E-state index in [1.54, 1.807) is 30.3 Å². The summed E-state index contributed by atoms with van der Waals surface area (Å²) in [4.78, 5) is 12.3. The monoisotopic (exact) mass is 247 g/mol. The summed E-state index contributed by atoms with van der Waals surface area (Å²) in [6, 6.07) is 10.5. The molecule has 16 heavy (non-hydrogen) atoms. The number of hydrogen-bond donors (Lipinski definition) is 1. The lowest BCUT2D eigenvalue weighted by Crippen LogP contribution is -2.10. The minimum absolute atomic E-state index is 0.199. The van der Waals surface area contributed by atoms with Crippen LogP contribution in [-0.2, 0) is 0 Å². The van der Waals surface area contributed by atoms with Crippen LogP contribution in [-0.4, -0.2) is 13.8 Å². The summed E-state index contributed by atoms with van der Waals surface area (Å²) >= 11 is 7.17. The second-order valence-electron chi connectivity index (χ2n) is 3.14. The molecule has 0 saturated carbocycles. The Labute approximate surface area is 104 Å². The largest absolute Gasteiger partial charge is 0.320 e. The zero-order valence-electron chi connectivity index (χ0n) is 8.24. The lowest BCUT2D eigenvalue weighted by Gasteiger charge is -2.04. The van der Waals surface area contributed by atoms with Crippen LogP contribution in [0.4, 0.5) is 5.69 Å². The lowest BCUT2D eigenvalue weighted by molar-refractivity contribution is 0.103. The van der Waals surface area contributed by atoms with E-state index >= 15 is 0 Å². The predicted octanol–water partition coefficient (Wildman–Crippen LogP) is 2.45.